The van der Waals surface area contributed by atoms with Crippen molar-refractivity contribution >= 4 is 38.3 Å². The number of sulfone groups is 1. The number of nitrogens with zero attached hydrogens (tertiary/aromatic N) is 2. The first-order chi connectivity index (χ1) is 11.3. The van der Waals surface area contributed by atoms with Gasteiger partial charge in [0, 0.05) is 29.7 Å². The van der Waals surface area contributed by atoms with Crippen LogP contribution in [0.4, 0.5) is 0 Å². The molecule has 3 rings (SSSR count). The minimum atomic E-state index is -3.84. The van der Waals surface area contributed by atoms with E-state index >= 15 is 0 Å². The van der Waals surface area contributed by atoms with Crippen molar-refractivity contribution in [3.8, 4) is 0 Å². The van der Waals surface area contributed by atoms with Crippen LogP contribution in [-0.4, -0.2) is 24.1 Å². The molecular weight excluding hydrogens is 352 g/mol. The van der Waals surface area contributed by atoms with Gasteiger partial charge in [0.2, 0.25) is 9.84 Å². The quantitative estimate of drug-likeness (QED) is 0.714. The van der Waals surface area contributed by atoms with Gasteiger partial charge in [0.05, 0.1) is 16.1 Å². The highest BCUT2D eigenvalue weighted by Crippen LogP contribution is 2.33. The Hall–Kier alpha value is -2.38. The SMILES string of the molecule is CC(=O)On1c(C)c(S(=O)(=O)c2ccc(Cl)cc2)c2cnccc21. The Bertz CT molecular complexity index is 1040. The summed E-state index contributed by atoms with van der Waals surface area (Å²) in [6, 6.07) is 7.47. The standard InChI is InChI=1S/C16H13ClN2O4S/c1-10-16(24(21,22)13-5-3-12(17)4-6-13)14-9-18-8-7-15(14)19(10)23-11(2)20/h3-9H,1-2H3. The van der Waals surface area contributed by atoms with Gasteiger partial charge in [-0.15, -0.1) is 0 Å². The van der Waals surface area contributed by atoms with E-state index in [1.54, 1.807) is 13.0 Å². The van der Waals surface area contributed by atoms with Crippen LogP contribution in [0.15, 0.2) is 52.5 Å². The van der Waals surface area contributed by atoms with Crippen molar-refractivity contribution in [2.75, 3.05) is 0 Å². The van der Waals surface area contributed by atoms with E-state index in [1.807, 2.05) is 0 Å². The molecule has 0 fully saturated rings. The summed E-state index contributed by atoms with van der Waals surface area (Å²) in [6.07, 6.45) is 2.94. The Balaban J connectivity index is 2.31. The summed E-state index contributed by atoms with van der Waals surface area (Å²) in [5.41, 5.74) is 0.744. The lowest BCUT2D eigenvalue weighted by Gasteiger charge is -2.07. The molecule has 0 amide bonds. The number of benzene rings is 1. The first kappa shape index (κ1) is 16.5. The van der Waals surface area contributed by atoms with E-state index in [2.05, 4.69) is 4.98 Å². The van der Waals surface area contributed by atoms with Gasteiger partial charge in [-0.1, -0.05) is 11.6 Å². The van der Waals surface area contributed by atoms with Crippen molar-refractivity contribution in [2.24, 2.45) is 0 Å². The van der Waals surface area contributed by atoms with Crippen LogP contribution in [0, 0.1) is 6.92 Å². The van der Waals surface area contributed by atoms with Crippen LogP contribution < -0.4 is 4.84 Å². The summed E-state index contributed by atoms with van der Waals surface area (Å²) in [5.74, 6) is -0.553. The number of carbonyl (C=O) groups is 1. The Kier molecular flexibility index (Phi) is 4.06. The van der Waals surface area contributed by atoms with Crippen LogP contribution in [0.3, 0.4) is 0 Å². The largest absolute Gasteiger partial charge is 0.337 e. The second kappa shape index (κ2) is 5.92. The monoisotopic (exact) mass is 364 g/mol. The molecule has 1 aromatic carbocycles. The molecule has 0 aliphatic heterocycles. The minimum absolute atomic E-state index is 0.0502. The molecule has 24 heavy (non-hydrogen) atoms. The van der Waals surface area contributed by atoms with Crippen LogP contribution in [0.5, 0.6) is 0 Å². The molecule has 0 aliphatic carbocycles. The summed E-state index contributed by atoms with van der Waals surface area (Å²) < 4.78 is 27.3. The average molecular weight is 365 g/mol. The molecule has 0 saturated carbocycles. The highest BCUT2D eigenvalue weighted by atomic mass is 35.5. The zero-order chi connectivity index (χ0) is 17.5. The highest BCUT2D eigenvalue weighted by molar-refractivity contribution is 7.91. The Morgan fingerprint density at radius 3 is 2.50 bits per heavy atom. The molecule has 0 atom stereocenters. The molecule has 0 spiro atoms. The third-order valence-electron chi connectivity index (χ3n) is 3.51. The Labute approximate surface area is 143 Å². The van der Waals surface area contributed by atoms with E-state index in [4.69, 9.17) is 16.4 Å². The summed E-state index contributed by atoms with van der Waals surface area (Å²) in [6.45, 7) is 2.82. The maximum Gasteiger partial charge on any atom is 0.329 e. The number of aromatic nitrogens is 2. The number of hydrogen-bond acceptors (Lipinski definition) is 5. The molecule has 6 nitrogen and oxygen atoms in total. The van der Waals surface area contributed by atoms with Gasteiger partial charge in [0.15, 0.2) is 0 Å². The predicted molar refractivity (Wildman–Crippen MR) is 88.6 cm³/mol. The van der Waals surface area contributed by atoms with Crippen molar-refractivity contribution in [1.29, 1.82) is 0 Å². The summed E-state index contributed by atoms with van der Waals surface area (Å²) in [5, 5.41) is 0.820. The molecule has 8 heteroatoms. The number of rotatable bonds is 3. The van der Waals surface area contributed by atoms with Crippen molar-refractivity contribution in [3.63, 3.8) is 0 Å². The summed E-state index contributed by atoms with van der Waals surface area (Å²) >= 11 is 5.83. The lowest BCUT2D eigenvalue weighted by molar-refractivity contribution is -0.141. The molecule has 0 aliphatic rings. The van der Waals surface area contributed by atoms with Crippen molar-refractivity contribution < 1.29 is 18.0 Å². The summed E-state index contributed by atoms with van der Waals surface area (Å²) in [4.78, 5) is 20.6. The van der Waals surface area contributed by atoms with Gasteiger partial charge in [-0.05, 0) is 37.3 Å². The van der Waals surface area contributed by atoms with Crippen LogP contribution in [-0.2, 0) is 14.6 Å². The number of halogens is 1. The van der Waals surface area contributed by atoms with E-state index in [1.165, 1.54) is 48.3 Å². The second-order valence-electron chi connectivity index (χ2n) is 5.14. The fourth-order valence-corrected chi connectivity index (χ4v) is 4.30. The summed E-state index contributed by atoms with van der Waals surface area (Å²) in [7, 11) is -3.84. The van der Waals surface area contributed by atoms with Gasteiger partial charge in [-0.25, -0.2) is 13.2 Å². The third-order valence-corrected chi connectivity index (χ3v) is 5.70. The molecular formula is C16H13ClN2O4S. The normalized spacial score (nSPS) is 11.6. The molecule has 2 heterocycles. The van der Waals surface area contributed by atoms with E-state index in [-0.39, 0.29) is 9.79 Å². The average Bonchev–Trinajstić information content (AvgIpc) is 2.80. The third kappa shape index (κ3) is 2.65. The molecule has 0 radical (unpaired) electrons. The minimum Gasteiger partial charge on any atom is -0.337 e. The van der Waals surface area contributed by atoms with E-state index in [0.717, 1.165) is 0 Å². The first-order valence-corrected chi connectivity index (χ1v) is 8.83. The van der Waals surface area contributed by atoms with Crippen LogP contribution >= 0.6 is 11.6 Å². The van der Waals surface area contributed by atoms with E-state index < -0.39 is 15.8 Å². The van der Waals surface area contributed by atoms with Crippen LogP contribution in [0.2, 0.25) is 5.02 Å². The topological polar surface area (TPSA) is 78.3 Å². The molecule has 3 aromatic rings. The Morgan fingerprint density at radius 1 is 1.21 bits per heavy atom. The van der Waals surface area contributed by atoms with Gasteiger partial charge in [0.1, 0.15) is 4.90 Å². The number of fused-ring (bicyclic) bond motifs is 1. The lowest BCUT2D eigenvalue weighted by Crippen LogP contribution is -2.18. The maximum atomic E-state index is 13.1. The van der Waals surface area contributed by atoms with Gasteiger partial charge >= 0.3 is 5.97 Å². The Morgan fingerprint density at radius 2 is 1.88 bits per heavy atom. The van der Waals surface area contributed by atoms with Crippen LogP contribution in [0.1, 0.15) is 12.6 Å². The predicted octanol–water partition coefficient (Wildman–Crippen LogP) is 2.81. The van der Waals surface area contributed by atoms with E-state index in [9.17, 15) is 13.2 Å². The molecule has 0 bridgehead atoms. The van der Waals surface area contributed by atoms with Crippen molar-refractivity contribution in [3.05, 3.63) is 53.4 Å². The zero-order valence-corrected chi connectivity index (χ0v) is 14.4. The van der Waals surface area contributed by atoms with Gasteiger partial charge in [-0.3, -0.25) is 4.98 Å². The first-order valence-electron chi connectivity index (χ1n) is 6.97. The number of hydrogen-bond donors (Lipinski definition) is 0. The number of pyridine rings is 1. The molecule has 0 saturated heterocycles. The fourth-order valence-electron chi connectivity index (χ4n) is 2.52. The lowest BCUT2D eigenvalue weighted by atomic mass is 10.3. The molecule has 0 unspecified atom stereocenters. The van der Waals surface area contributed by atoms with Gasteiger partial charge in [-0.2, -0.15) is 4.73 Å². The van der Waals surface area contributed by atoms with E-state index in [0.29, 0.717) is 21.6 Å². The molecule has 124 valence electrons. The molecule has 2 aromatic heterocycles. The zero-order valence-electron chi connectivity index (χ0n) is 12.9. The maximum absolute atomic E-state index is 13.1. The molecule has 0 N–H and O–H groups in total. The van der Waals surface area contributed by atoms with Gasteiger partial charge < -0.3 is 4.84 Å². The van der Waals surface area contributed by atoms with Crippen LogP contribution in [0.25, 0.3) is 10.9 Å². The highest BCUT2D eigenvalue weighted by Gasteiger charge is 2.28. The smallest absolute Gasteiger partial charge is 0.329 e. The fraction of sp³-hybridized carbons (Fsp3) is 0.125. The number of carbonyl (C=O) groups excluding carboxylic acids is 1. The second-order valence-corrected chi connectivity index (χ2v) is 7.46. The van der Waals surface area contributed by atoms with Gasteiger partial charge in [0.25, 0.3) is 0 Å². The van der Waals surface area contributed by atoms with Crippen molar-refractivity contribution in [1.82, 2.24) is 9.71 Å². The van der Waals surface area contributed by atoms with Crippen molar-refractivity contribution in [2.45, 2.75) is 23.6 Å².